The summed E-state index contributed by atoms with van der Waals surface area (Å²) >= 11 is 0. The van der Waals surface area contributed by atoms with Crippen LogP contribution in [0, 0.1) is 11.8 Å². The van der Waals surface area contributed by atoms with Crippen molar-refractivity contribution < 1.29 is 0 Å². The third kappa shape index (κ3) is 4.57. The van der Waals surface area contributed by atoms with Crippen LogP contribution in [-0.4, -0.2) is 6.04 Å². The fraction of sp³-hybridized carbons (Fsp3) is 1.00. The first-order chi connectivity index (χ1) is 8.88. The zero-order valence-corrected chi connectivity index (χ0v) is 12.2. The van der Waals surface area contributed by atoms with E-state index >= 15 is 0 Å². The molecule has 2 aliphatic carbocycles. The lowest BCUT2D eigenvalue weighted by atomic mass is 9.75. The molecular weight excluding hydrogens is 218 g/mol. The second-order valence-corrected chi connectivity index (χ2v) is 6.78. The molecule has 2 atom stereocenters. The van der Waals surface area contributed by atoms with E-state index in [9.17, 15) is 0 Å². The van der Waals surface area contributed by atoms with E-state index in [4.69, 9.17) is 5.73 Å². The maximum Gasteiger partial charge on any atom is 0.00698 e. The van der Waals surface area contributed by atoms with Crippen LogP contribution in [0.25, 0.3) is 0 Å². The average molecular weight is 251 g/mol. The molecule has 0 aromatic rings. The molecule has 0 aliphatic heterocycles. The van der Waals surface area contributed by atoms with Gasteiger partial charge in [-0.15, -0.1) is 0 Å². The number of rotatable bonds is 1. The van der Waals surface area contributed by atoms with Crippen LogP contribution in [0.4, 0.5) is 0 Å². The molecule has 18 heavy (non-hydrogen) atoms. The van der Waals surface area contributed by atoms with E-state index in [1.165, 1.54) is 89.9 Å². The molecule has 0 aromatic carbocycles. The highest BCUT2D eigenvalue weighted by Crippen LogP contribution is 2.35. The van der Waals surface area contributed by atoms with E-state index in [0.717, 1.165) is 11.8 Å². The molecule has 2 N–H and O–H groups in total. The zero-order valence-electron chi connectivity index (χ0n) is 12.2. The molecule has 0 bridgehead atoms. The summed E-state index contributed by atoms with van der Waals surface area (Å²) < 4.78 is 0. The lowest BCUT2D eigenvalue weighted by molar-refractivity contribution is 0.209. The van der Waals surface area contributed by atoms with E-state index in [0.29, 0.717) is 6.04 Å². The van der Waals surface area contributed by atoms with Gasteiger partial charge < -0.3 is 5.73 Å². The van der Waals surface area contributed by atoms with Gasteiger partial charge >= 0.3 is 0 Å². The van der Waals surface area contributed by atoms with Gasteiger partial charge in [0.05, 0.1) is 0 Å². The van der Waals surface area contributed by atoms with Gasteiger partial charge in [0, 0.05) is 6.04 Å². The Hall–Kier alpha value is -0.0400. The van der Waals surface area contributed by atoms with Gasteiger partial charge in [-0.25, -0.2) is 0 Å². The van der Waals surface area contributed by atoms with Crippen molar-refractivity contribution in [3.8, 4) is 0 Å². The van der Waals surface area contributed by atoms with Crippen molar-refractivity contribution in [2.75, 3.05) is 0 Å². The van der Waals surface area contributed by atoms with Crippen molar-refractivity contribution in [1.29, 1.82) is 0 Å². The van der Waals surface area contributed by atoms with Crippen molar-refractivity contribution in [3.05, 3.63) is 0 Å². The van der Waals surface area contributed by atoms with E-state index in [1.54, 1.807) is 0 Å². The minimum absolute atomic E-state index is 0.507. The first-order valence-corrected chi connectivity index (χ1v) is 8.63. The Morgan fingerprint density at radius 3 is 1.56 bits per heavy atom. The van der Waals surface area contributed by atoms with Gasteiger partial charge in [-0.3, -0.25) is 0 Å². The summed E-state index contributed by atoms with van der Waals surface area (Å²) in [4.78, 5) is 0. The number of hydrogen-bond donors (Lipinski definition) is 1. The summed E-state index contributed by atoms with van der Waals surface area (Å²) in [7, 11) is 0. The standard InChI is InChI=1S/C17H33N/c18-17-14-10-6-2-5-9-13-16(17)15-11-7-3-1-4-8-12-15/h15-17H,1-14,18H2. The molecule has 106 valence electrons. The molecule has 0 saturated heterocycles. The van der Waals surface area contributed by atoms with Crippen molar-refractivity contribution in [2.24, 2.45) is 17.6 Å². The summed E-state index contributed by atoms with van der Waals surface area (Å²) in [6, 6.07) is 0.507. The molecule has 0 spiro atoms. The Labute approximate surface area is 114 Å². The molecule has 2 saturated carbocycles. The minimum atomic E-state index is 0.507. The third-order valence-corrected chi connectivity index (χ3v) is 5.38. The van der Waals surface area contributed by atoms with Crippen molar-refractivity contribution in [3.63, 3.8) is 0 Å². The van der Waals surface area contributed by atoms with E-state index < -0.39 is 0 Å². The zero-order chi connectivity index (χ0) is 12.6. The van der Waals surface area contributed by atoms with Gasteiger partial charge in [-0.2, -0.15) is 0 Å². The van der Waals surface area contributed by atoms with Crippen LogP contribution in [0.15, 0.2) is 0 Å². The predicted octanol–water partition coefficient (Wildman–Crippen LogP) is 5.03. The molecule has 0 amide bonds. The van der Waals surface area contributed by atoms with E-state index in [-0.39, 0.29) is 0 Å². The highest BCUT2D eigenvalue weighted by Gasteiger charge is 2.27. The molecule has 0 aromatic heterocycles. The molecule has 2 unspecified atom stereocenters. The van der Waals surface area contributed by atoms with Crippen LogP contribution in [0.3, 0.4) is 0 Å². The molecule has 0 heterocycles. The fourth-order valence-electron chi connectivity index (χ4n) is 4.22. The van der Waals surface area contributed by atoms with Crippen molar-refractivity contribution >= 4 is 0 Å². The lowest BCUT2D eigenvalue weighted by Gasteiger charge is -2.33. The summed E-state index contributed by atoms with van der Waals surface area (Å²) in [6.45, 7) is 0. The van der Waals surface area contributed by atoms with Crippen LogP contribution in [-0.2, 0) is 0 Å². The largest absolute Gasteiger partial charge is 0.327 e. The third-order valence-electron chi connectivity index (χ3n) is 5.38. The van der Waals surface area contributed by atoms with E-state index in [1.807, 2.05) is 0 Å². The maximum atomic E-state index is 6.54. The highest BCUT2D eigenvalue weighted by molar-refractivity contribution is 4.81. The molecule has 2 rings (SSSR count). The van der Waals surface area contributed by atoms with Crippen LogP contribution in [0.5, 0.6) is 0 Å². The van der Waals surface area contributed by atoms with Gasteiger partial charge in [-0.05, 0) is 24.7 Å². The van der Waals surface area contributed by atoms with Crippen LogP contribution >= 0.6 is 0 Å². The van der Waals surface area contributed by atoms with Crippen LogP contribution < -0.4 is 5.73 Å². The van der Waals surface area contributed by atoms with Gasteiger partial charge in [0.25, 0.3) is 0 Å². The summed E-state index contributed by atoms with van der Waals surface area (Å²) in [5.74, 6) is 1.81. The molecule has 2 aliphatic rings. The second kappa shape index (κ2) is 8.19. The van der Waals surface area contributed by atoms with Crippen LogP contribution in [0.1, 0.15) is 89.9 Å². The van der Waals surface area contributed by atoms with Gasteiger partial charge in [0.2, 0.25) is 0 Å². The fourth-order valence-corrected chi connectivity index (χ4v) is 4.22. The molecule has 0 radical (unpaired) electrons. The SMILES string of the molecule is NC1CCCCCCCC1C1CCCCCCC1. The second-order valence-electron chi connectivity index (χ2n) is 6.78. The molecule has 1 nitrogen and oxygen atoms in total. The summed E-state index contributed by atoms with van der Waals surface area (Å²) in [5, 5.41) is 0. The minimum Gasteiger partial charge on any atom is -0.327 e. The smallest absolute Gasteiger partial charge is 0.00698 e. The van der Waals surface area contributed by atoms with Crippen molar-refractivity contribution in [1.82, 2.24) is 0 Å². The first-order valence-electron chi connectivity index (χ1n) is 8.63. The van der Waals surface area contributed by atoms with Crippen LogP contribution in [0.2, 0.25) is 0 Å². The van der Waals surface area contributed by atoms with Gasteiger partial charge in [-0.1, -0.05) is 77.0 Å². The average Bonchev–Trinajstić information content (AvgIpc) is 2.42. The molecule has 2 fully saturated rings. The topological polar surface area (TPSA) is 26.0 Å². The first kappa shape index (κ1) is 14.4. The Morgan fingerprint density at radius 1 is 0.500 bits per heavy atom. The number of hydrogen-bond acceptors (Lipinski definition) is 1. The highest BCUT2D eigenvalue weighted by atomic mass is 14.7. The maximum absolute atomic E-state index is 6.54. The Kier molecular flexibility index (Phi) is 6.54. The normalized spacial score (nSPS) is 33.8. The van der Waals surface area contributed by atoms with Crippen molar-refractivity contribution in [2.45, 2.75) is 95.9 Å². The Balaban J connectivity index is 1.91. The van der Waals surface area contributed by atoms with Gasteiger partial charge in [0.15, 0.2) is 0 Å². The summed E-state index contributed by atoms with van der Waals surface area (Å²) in [6.07, 6.45) is 20.1. The monoisotopic (exact) mass is 251 g/mol. The predicted molar refractivity (Wildman–Crippen MR) is 79.6 cm³/mol. The van der Waals surface area contributed by atoms with Gasteiger partial charge in [0.1, 0.15) is 0 Å². The Morgan fingerprint density at radius 2 is 0.944 bits per heavy atom. The van der Waals surface area contributed by atoms with E-state index in [2.05, 4.69) is 0 Å². The quantitative estimate of drug-likeness (QED) is 0.694. The Bertz CT molecular complexity index is 206. The number of nitrogens with two attached hydrogens (primary N) is 1. The molecular formula is C17H33N. The lowest BCUT2D eigenvalue weighted by Crippen LogP contribution is -2.35. The summed E-state index contributed by atoms with van der Waals surface area (Å²) in [5.41, 5.74) is 6.54. The molecule has 1 heteroatoms.